The molecule has 3 aromatic rings. The normalized spacial score (nSPS) is 10.5. The number of nitrogens with one attached hydrogen (secondary N) is 1. The van der Waals surface area contributed by atoms with Crippen LogP contribution in [0, 0.1) is 0 Å². The highest BCUT2D eigenvalue weighted by atomic mass is 35.5. The molecule has 0 amide bonds. The molecule has 0 saturated carbocycles. The van der Waals surface area contributed by atoms with Gasteiger partial charge in [-0.1, -0.05) is 59.1 Å². The molecular formula is C20H16Cl3NO. The second-order valence-electron chi connectivity index (χ2n) is 5.50. The summed E-state index contributed by atoms with van der Waals surface area (Å²) in [6.45, 7) is 0.963. The van der Waals surface area contributed by atoms with Gasteiger partial charge in [-0.05, 0) is 42.5 Å². The maximum atomic E-state index is 6.20. The lowest BCUT2D eigenvalue weighted by atomic mass is 10.2. The fourth-order valence-corrected chi connectivity index (χ4v) is 3.03. The standard InChI is InChI=1S/C20H16Cl3NO/c21-16-8-9-20(25-13-14-6-7-17(22)11-19(14)23)15(10-16)12-24-18-4-2-1-3-5-18/h1-11,24H,12-13H2. The second-order valence-corrected chi connectivity index (χ2v) is 6.78. The number of ether oxygens (including phenoxy) is 1. The molecule has 0 bridgehead atoms. The first-order valence-electron chi connectivity index (χ1n) is 7.76. The Labute approximate surface area is 162 Å². The van der Waals surface area contributed by atoms with E-state index in [-0.39, 0.29) is 0 Å². The molecule has 0 aliphatic rings. The number of hydrogen-bond acceptors (Lipinski definition) is 2. The van der Waals surface area contributed by atoms with Crippen molar-refractivity contribution in [2.24, 2.45) is 0 Å². The third-order valence-electron chi connectivity index (χ3n) is 3.68. The van der Waals surface area contributed by atoms with E-state index in [4.69, 9.17) is 39.5 Å². The van der Waals surface area contributed by atoms with E-state index in [9.17, 15) is 0 Å². The summed E-state index contributed by atoms with van der Waals surface area (Å²) in [5.74, 6) is 0.763. The van der Waals surface area contributed by atoms with Gasteiger partial charge in [0.2, 0.25) is 0 Å². The number of benzene rings is 3. The summed E-state index contributed by atoms with van der Waals surface area (Å²) in [5, 5.41) is 5.22. The molecule has 0 aromatic heterocycles. The summed E-state index contributed by atoms with van der Waals surface area (Å²) in [4.78, 5) is 0. The van der Waals surface area contributed by atoms with Crippen LogP contribution in [0.3, 0.4) is 0 Å². The maximum Gasteiger partial charge on any atom is 0.124 e. The van der Waals surface area contributed by atoms with E-state index < -0.39 is 0 Å². The van der Waals surface area contributed by atoms with E-state index in [0.717, 1.165) is 22.6 Å². The molecule has 0 radical (unpaired) electrons. The molecule has 5 heteroatoms. The third-order valence-corrected chi connectivity index (χ3v) is 4.50. The summed E-state index contributed by atoms with van der Waals surface area (Å²) < 4.78 is 5.96. The van der Waals surface area contributed by atoms with Gasteiger partial charge in [0.25, 0.3) is 0 Å². The van der Waals surface area contributed by atoms with Crippen molar-refractivity contribution in [3.63, 3.8) is 0 Å². The lowest BCUT2D eigenvalue weighted by Crippen LogP contribution is -2.04. The highest BCUT2D eigenvalue weighted by molar-refractivity contribution is 6.35. The molecule has 1 N–H and O–H groups in total. The van der Waals surface area contributed by atoms with Crippen molar-refractivity contribution in [2.75, 3.05) is 5.32 Å². The number of rotatable bonds is 6. The number of hydrogen-bond donors (Lipinski definition) is 1. The Balaban J connectivity index is 1.72. The van der Waals surface area contributed by atoms with Crippen LogP contribution >= 0.6 is 34.8 Å². The summed E-state index contributed by atoms with van der Waals surface area (Å²) in [6, 6.07) is 20.9. The van der Waals surface area contributed by atoms with Crippen LogP contribution in [-0.2, 0) is 13.2 Å². The van der Waals surface area contributed by atoms with Gasteiger partial charge in [0.05, 0.1) is 0 Å². The molecule has 3 aromatic carbocycles. The summed E-state index contributed by atoms with van der Waals surface area (Å²) >= 11 is 18.3. The van der Waals surface area contributed by atoms with E-state index in [1.807, 2.05) is 54.6 Å². The van der Waals surface area contributed by atoms with Gasteiger partial charge < -0.3 is 10.1 Å². The highest BCUT2D eigenvalue weighted by Crippen LogP contribution is 2.27. The topological polar surface area (TPSA) is 21.3 Å². The van der Waals surface area contributed by atoms with Crippen LogP contribution in [0.15, 0.2) is 66.7 Å². The summed E-state index contributed by atoms with van der Waals surface area (Å²) in [6.07, 6.45) is 0. The van der Waals surface area contributed by atoms with Crippen molar-refractivity contribution in [1.82, 2.24) is 0 Å². The number of para-hydroxylation sites is 1. The average molecular weight is 393 g/mol. The Hall–Kier alpha value is -1.87. The van der Waals surface area contributed by atoms with E-state index in [1.165, 1.54) is 0 Å². The minimum absolute atomic E-state index is 0.357. The fourth-order valence-electron chi connectivity index (χ4n) is 2.37. The van der Waals surface area contributed by atoms with Crippen molar-refractivity contribution in [3.8, 4) is 5.75 Å². The molecule has 0 heterocycles. The van der Waals surface area contributed by atoms with Gasteiger partial charge in [-0.25, -0.2) is 0 Å². The van der Waals surface area contributed by atoms with Gasteiger partial charge in [-0.2, -0.15) is 0 Å². The van der Waals surface area contributed by atoms with Crippen LogP contribution in [0.4, 0.5) is 5.69 Å². The fraction of sp³-hybridized carbons (Fsp3) is 0.100. The van der Waals surface area contributed by atoms with Crippen molar-refractivity contribution >= 4 is 40.5 Å². The van der Waals surface area contributed by atoms with E-state index in [1.54, 1.807) is 12.1 Å². The molecule has 0 aliphatic heterocycles. The molecular weight excluding hydrogens is 377 g/mol. The Morgan fingerprint density at radius 1 is 0.760 bits per heavy atom. The van der Waals surface area contributed by atoms with E-state index >= 15 is 0 Å². The largest absolute Gasteiger partial charge is 0.488 e. The van der Waals surface area contributed by atoms with Crippen LogP contribution in [0.25, 0.3) is 0 Å². The average Bonchev–Trinajstić information content (AvgIpc) is 2.61. The van der Waals surface area contributed by atoms with Crippen LogP contribution in [0.1, 0.15) is 11.1 Å². The van der Waals surface area contributed by atoms with Crippen LogP contribution in [0.5, 0.6) is 5.75 Å². The van der Waals surface area contributed by atoms with Gasteiger partial charge in [0, 0.05) is 38.4 Å². The molecule has 0 aliphatic carbocycles. The van der Waals surface area contributed by atoms with Gasteiger partial charge in [-0.15, -0.1) is 0 Å². The first kappa shape index (κ1) is 17.9. The smallest absolute Gasteiger partial charge is 0.124 e. The monoisotopic (exact) mass is 391 g/mol. The SMILES string of the molecule is Clc1ccc(COc2ccc(Cl)cc2CNc2ccccc2)c(Cl)c1. The zero-order valence-electron chi connectivity index (χ0n) is 13.3. The minimum Gasteiger partial charge on any atom is -0.488 e. The van der Waals surface area contributed by atoms with Crippen LogP contribution in [0.2, 0.25) is 15.1 Å². The second kappa shape index (κ2) is 8.48. The van der Waals surface area contributed by atoms with Gasteiger partial charge in [0.15, 0.2) is 0 Å². The van der Waals surface area contributed by atoms with Crippen LogP contribution in [-0.4, -0.2) is 0 Å². The Bertz CT molecular complexity index is 853. The third kappa shape index (κ3) is 5.05. The first-order valence-corrected chi connectivity index (χ1v) is 8.89. The molecule has 0 spiro atoms. The molecule has 128 valence electrons. The zero-order chi connectivity index (χ0) is 17.6. The van der Waals surface area contributed by atoms with Gasteiger partial charge >= 0.3 is 0 Å². The Kier molecular flexibility index (Phi) is 6.09. The lowest BCUT2D eigenvalue weighted by Gasteiger charge is -2.14. The van der Waals surface area contributed by atoms with Gasteiger partial charge in [-0.3, -0.25) is 0 Å². The van der Waals surface area contributed by atoms with Crippen molar-refractivity contribution in [2.45, 2.75) is 13.2 Å². The number of halogens is 3. The first-order chi connectivity index (χ1) is 12.1. The van der Waals surface area contributed by atoms with Crippen molar-refractivity contribution in [1.29, 1.82) is 0 Å². The predicted octanol–water partition coefficient (Wildman–Crippen LogP) is 6.84. The lowest BCUT2D eigenvalue weighted by molar-refractivity contribution is 0.303. The number of anilines is 1. The maximum absolute atomic E-state index is 6.20. The quantitative estimate of drug-likeness (QED) is 0.496. The minimum atomic E-state index is 0.357. The van der Waals surface area contributed by atoms with Crippen molar-refractivity contribution < 1.29 is 4.74 Å². The molecule has 2 nitrogen and oxygen atoms in total. The van der Waals surface area contributed by atoms with E-state index in [2.05, 4.69) is 5.32 Å². The predicted molar refractivity (Wildman–Crippen MR) is 106 cm³/mol. The molecule has 3 rings (SSSR count). The summed E-state index contributed by atoms with van der Waals surface area (Å²) in [7, 11) is 0. The molecule has 0 atom stereocenters. The Morgan fingerprint density at radius 2 is 1.48 bits per heavy atom. The molecule has 0 unspecified atom stereocenters. The molecule has 25 heavy (non-hydrogen) atoms. The Morgan fingerprint density at radius 3 is 2.24 bits per heavy atom. The van der Waals surface area contributed by atoms with Crippen molar-refractivity contribution in [3.05, 3.63) is 92.9 Å². The zero-order valence-corrected chi connectivity index (χ0v) is 15.6. The summed E-state index contributed by atoms with van der Waals surface area (Å²) in [5.41, 5.74) is 2.89. The van der Waals surface area contributed by atoms with E-state index in [0.29, 0.717) is 28.2 Å². The molecule has 0 saturated heterocycles. The van der Waals surface area contributed by atoms with Gasteiger partial charge in [0.1, 0.15) is 12.4 Å². The highest BCUT2D eigenvalue weighted by Gasteiger charge is 2.08. The van der Waals surface area contributed by atoms with Crippen LogP contribution < -0.4 is 10.1 Å². The molecule has 0 fully saturated rings.